The van der Waals surface area contributed by atoms with E-state index in [0.717, 1.165) is 35.9 Å². The zero-order valence-electron chi connectivity index (χ0n) is 12.8. The second-order valence-electron chi connectivity index (χ2n) is 5.71. The lowest BCUT2D eigenvalue weighted by Gasteiger charge is -2.27. The molecule has 0 aromatic heterocycles. The predicted molar refractivity (Wildman–Crippen MR) is 95.1 cm³/mol. The number of halogens is 1. The summed E-state index contributed by atoms with van der Waals surface area (Å²) < 4.78 is 6.64. The van der Waals surface area contributed by atoms with Crippen LogP contribution in [0.1, 0.15) is 32.6 Å². The summed E-state index contributed by atoms with van der Waals surface area (Å²) in [6, 6.07) is 9.20. The standard InChI is InChI=1S/C17H26BrNOS/c1-2-8-19-16(11-14-6-9-20-10-7-14)13-21-17-5-3-4-15(18)12-17/h3-5,12,14,16,19H,2,6-11,13H2,1H3. The summed E-state index contributed by atoms with van der Waals surface area (Å²) in [5.74, 6) is 1.98. The van der Waals surface area contributed by atoms with Gasteiger partial charge in [-0.05, 0) is 56.3 Å². The molecule has 1 aliphatic rings. The van der Waals surface area contributed by atoms with E-state index in [1.807, 2.05) is 11.8 Å². The number of nitrogens with one attached hydrogen (secondary N) is 1. The van der Waals surface area contributed by atoms with Gasteiger partial charge in [0.05, 0.1) is 0 Å². The summed E-state index contributed by atoms with van der Waals surface area (Å²) in [4.78, 5) is 1.35. The zero-order valence-corrected chi connectivity index (χ0v) is 15.2. The van der Waals surface area contributed by atoms with E-state index in [1.165, 1.54) is 30.6 Å². The summed E-state index contributed by atoms with van der Waals surface area (Å²) in [6.45, 7) is 5.25. The molecule has 118 valence electrons. The number of hydrogen-bond donors (Lipinski definition) is 1. The first-order valence-corrected chi connectivity index (χ1v) is 9.75. The third kappa shape index (κ3) is 6.72. The highest BCUT2D eigenvalue weighted by Gasteiger charge is 2.19. The van der Waals surface area contributed by atoms with Crippen LogP contribution < -0.4 is 5.32 Å². The molecule has 0 amide bonds. The van der Waals surface area contributed by atoms with Crippen LogP contribution in [0.3, 0.4) is 0 Å². The molecule has 1 heterocycles. The average molecular weight is 372 g/mol. The van der Waals surface area contributed by atoms with Crippen LogP contribution in [-0.2, 0) is 4.74 Å². The highest BCUT2D eigenvalue weighted by atomic mass is 79.9. The van der Waals surface area contributed by atoms with Gasteiger partial charge in [-0.25, -0.2) is 0 Å². The van der Waals surface area contributed by atoms with Gasteiger partial charge in [-0.1, -0.05) is 28.9 Å². The largest absolute Gasteiger partial charge is 0.381 e. The van der Waals surface area contributed by atoms with Crippen LogP contribution in [0.25, 0.3) is 0 Å². The maximum Gasteiger partial charge on any atom is 0.0468 e. The molecule has 1 aromatic rings. The lowest BCUT2D eigenvalue weighted by atomic mass is 9.93. The fraction of sp³-hybridized carbons (Fsp3) is 0.647. The van der Waals surface area contributed by atoms with Crippen molar-refractivity contribution in [2.75, 3.05) is 25.5 Å². The Labute approximate surface area is 141 Å². The summed E-state index contributed by atoms with van der Waals surface area (Å²) >= 11 is 5.51. The second kappa shape index (κ2) is 9.88. The van der Waals surface area contributed by atoms with Crippen LogP contribution in [0, 0.1) is 5.92 Å². The van der Waals surface area contributed by atoms with Gasteiger partial charge in [0.25, 0.3) is 0 Å². The lowest BCUT2D eigenvalue weighted by molar-refractivity contribution is 0.0613. The third-order valence-electron chi connectivity index (χ3n) is 3.89. The van der Waals surface area contributed by atoms with Gasteiger partial charge < -0.3 is 10.1 Å². The van der Waals surface area contributed by atoms with Crippen molar-refractivity contribution < 1.29 is 4.74 Å². The first-order valence-electron chi connectivity index (χ1n) is 7.97. The van der Waals surface area contributed by atoms with Crippen LogP contribution in [0.2, 0.25) is 0 Å². The first-order chi connectivity index (χ1) is 10.3. The first kappa shape index (κ1) is 17.3. The number of thioether (sulfide) groups is 1. The van der Waals surface area contributed by atoms with Crippen molar-refractivity contribution in [1.82, 2.24) is 5.32 Å². The van der Waals surface area contributed by atoms with Gasteiger partial charge in [0.1, 0.15) is 0 Å². The molecule has 1 atom stereocenters. The Morgan fingerprint density at radius 2 is 2.19 bits per heavy atom. The molecule has 2 nitrogen and oxygen atoms in total. The van der Waals surface area contributed by atoms with E-state index in [2.05, 4.69) is 52.4 Å². The van der Waals surface area contributed by atoms with Crippen molar-refractivity contribution >= 4 is 27.7 Å². The van der Waals surface area contributed by atoms with Gasteiger partial charge in [-0.3, -0.25) is 0 Å². The quantitative estimate of drug-likeness (QED) is 0.667. The average Bonchev–Trinajstić information content (AvgIpc) is 2.51. The molecule has 0 spiro atoms. The minimum absolute atomic E-state index is 0.608. The van der Waals surface area contributed by atoms with Crippen molar-refractivity contribution in [3.8, 4) is 0 Å². The molecule has 4 heteroatoms. The van der Waals surface area contributed by atoms with Gasteiger partial charge in [-0.15, -0.1) is 11.8 Å². The maximum absolute atomic E-state index is 5.47. The fourth-order valence-corrected chi connectivity index (χ4v) is 4.28. The molecular formula is C17H26BrNOS. The minimum Gasteiger partial charge on any atom is -0.381 e. The van der Waals surface area contributed by atoms with Crippen LogP contribution >= 0.6 is 27.7 Å². The summed E-state index contributed by atoms with van der Waals surface area (Å²) in [5.41, 5.74) is 0. The van der Waals surface area contributed by atoms with Crippen molar-refractivity contribution in [2.24, 2.45) is 5.92 Å². The maximum atomic E-state index is 5.47. The van der Waals surface area contributed by atoms with Gasteiger partial charge in [-0.2, -0.15) is 0 Å². The highest BCUT2D eigenvalue weighted by molar-refractivity contribution is 9.10. The molecule has 1 aliphatic heterocycles. The van der Waals surface area contributed by atoms with Gasteiger partial charge in [0, 0.05) is 34.4 Å². The smallest absolute Gasteiger partial charge is 0.0468 e. The Hall–Kier alpha value is -0.0300. The minimum atomic E-state index is 0.608. The molecular weight excluding hydrogens is 346 g/mol. The fourth-order valence-electron chi connectivity index (χ4n) is 2.70. The van der Waals surface area contributed by atoms with Gasteiger partial charge >= 0.3 is 0 Å². The third-order valence-corrected chi connectivity index (χ3v) is 5.54. The summed E-state index contributed by atoms with van der Waals surface area (Å²) in [5, 5.41) is 3.73. The molecule has 1 saturated heterocycles. The molecule has 1 fully saturated rings. The monoisotopic (exact) mass is 371 g/mol. The zero-order chi connectivity index (χ0) is 14.9. The van der Waals surface area contributed by atoms with Crippen LogP contribution in [0.15, 0.2) is 33.6 Å². The van der Waals surface area contributed by atoms with Crippen molar-refractivity contribution in [3.63, 3.8) is 0 Å². The van der Waals surface area contributed by atoms with E-state index in [4.69, 9.17) is 4.74 Å². The van der Waals surface area contributed by atoms with E-state index in [-0.39, 0.29) is 0 Å². The number of benzene rings is 1. The van der Waals surface area contributed by atoms with Gasteiger partial charge in [0.15, 0.2) is 0 Å². The molecule has 1 N–H and O–H groups in total. The second-order valence-corrected chi connectivity index (χ2v) is 7.72. The molecule has 0 saturated carbocycles. The van der Waals surface area contributed by atoms with E-state index in [1.54, 1.807) is 0 Å². The van der Waals surface area contributed by atoms with Gasteiger partial charge in [0.2, 0.25) is 0 Å². The number of rotatable bonds is 8. The Balaban J connectivity index is 1.83. The molecule has 0 aliphatic carbocycles. The molecule has 1 unspecified atom stereocenters. The normalized spacial score (nSPS) is 17.8. The SMILES string of the molecule is CCCNC(CSc1cccc(Br)c1)CC1CCOCC1. The van der Waals surface area contributed by atoms with Crippen molar-refractivity contribution in [3.05, 3.63) is 28.7 Å². The van der Waals surface area contributed by atoms with E-state index >= 15 is 0 Å². The molecule has 2 rings (SSSR count). The Morgan fingerprint density at radius 3 is 2.90 bits per heavy atom. The molecule has 0 radical (unpaired) electrons. The molecule has 0 bridgehead atoms. The lowest BCUT2D eigenvalue weighted by Crippen LogP contribution is -2.35. The van der Waals surface area contributed by atoms with E-state index in [0.29, 0.717) is 6.04 Å². The number of ether oxygens (including phenoxy) is 1. The van der Waals surface area contributed by atoms with Crippen LogP contribution in [0.4, 0.5) is 0 Å². The van der Waals surface area contributed by atoms with Crippen LogP contribution in [0.5, 0.6) is 0 Å². The molecule has 1 aromatic carbocycles. The van der Waals surface area contributed by atoms with Crippen molar-refractivity contribution in [2.45, 2.75) is 43.5 Å². The van der Waals surface area contributed by atoms with E-state index < -0.39 is 0 Å². The topological polar surface area (TPSA) is 21.3 Å². The Bertz CT molecular complexity index is 410. The predicted octanol–water partition coefficient (Wildman–Crippen LogP) is 4.73. The van der Waals surface area contributed by atoms with Crippen LogP contribution in [-0.4, -0.2) is 31.6 Å². The number of hydrogen-bond acceptors (Lipinski definition) is 3. The summed E-state index contributed by atoms with van der Waals surface area (Å²) in [7, 11) is 0. The highest BCUT2D eigenvalue weighted by Crippen LogP contribution is 2.26. The summed E-state index contributed by atoms with van der Waals surface area (Å²) in [6.07, 6.45) is 4.94. The van der Waals surface area contributed by atoms with E-state index in [9.17, 15) is 0 Å². The molecule has 21 heavy (non-hydrogen) atoms. The van der Waals surface area contributed by atoms with Crippen molar-refractivity contribution in [1.29, 1.82) is 0 Å². The Kier molecular flexibility index (Phi) is 8.15. The Morgan fingerprint density at radius 1 is 1.38 bits per heavy atom.